The van der Waals surface area contributed by atoms with Crippen LogP contribution in [0.25, 0.3) is 33.4 Å². The first-order valence-corrected chi connectivity index (χ1v) is 19.4. The van der Waals surface area contributed by atoms with Gasteiger partial charge in [-0.15, -0.1) is 0 Å². The second kappa shape index (κ2) is 22.3. The quantitative estimate of drug-likeness (QED) is 0.0169. The van der Waals surface area contributed by atoms with Gasteiger partial charge in [-0.1, -0.05) is 18.2 Å². The van der Waals surface area contributed by atoms with Crippen molar-refractivity contribution in [1.82, 2.24) is 21.3 Å². The van der Waals surface area contributed by atoms with E-state index >= 15 is 0 Å². The van der Waals surface area contributed by atoms with Crippen LogP contribution in [0, 0.1) is 6.92 Å². The molecule has 9 N–H and O–H groups in total. The van der Waals surface area contributed by atoms with Crippen molar-refractivity contribution in [3.05, 3.63) is 75.9 Å². The Morgan fingerprint density at radius 3 is 2.16 bits per heavy atom. The minimum Gasteiger partial charge on any atom is -0.481 e. The Labute approximate surface area is 357 Å². The van der Waals surface area contributed by atoms with Crippen LogP contribution >= 0.6 is 12.2 Å². The standard InChI is InChI=1S/C41H43N5O15S/c1-21-4-8-26-31(17-21)61-32-19-24(49)6-10-27(32)36(26)25-9-5-22(18-28(25)37(53)54)43-41(62)45-30(39(57)58)12-13-33(50)42-16-2-3-23(48)7-11-29(38(55)56)44-40(59)46-34(60-20-47)14-15-35(51)52/h4-6,8-10,17-20,29-30,34H,2-3,7,11-16H2,1H3,(H,42,50)(H,51,52)(H,53,54)(H,55,56)(H,57,58)(H2,43,45,62)(H2,44,46,59)/t29-,30-,34+/m0/s1. The molecule has 0 saturated carbocycles. The molecular weight excluding hydrogens is 835 g/mol. The van der Waals surface area contributed by atoms with Crippen molar-refractivity contribution in [3.63, 3.8) is 0 Å². The Morgan fingerprint density at radius 1 is 0.790 bits per heavy atom. The Morgan fingerprint density at radius 2 is 1.48 bits per heavy atom. The van der Waals surface area contributed by atoms with E-state index in [0.717, 1.165) is 5.56 Å². The lowest BCUT2D eigenvalue weighted by Crippen LogP contribution is -2.49. The number of rotatable bonds is 23. The first-order chi connectivity index (χ1) is 29.4. The number of ketones is 1. The van der Waals surface area contributed by atoms with Crippen molar-refractivity contribution in [2.24, 2.45) is 0 Å². The second-order valence-corrected chi connectivity index (χ2v) is 14.3. The predicted octanol–water partition coefficient (Wildman–Crippen LogP) is 3.45. The molecule has 21 heteroatoms. The maximum absolute atomic E-state index is 12.6. The van der Waals surface area contributed by atoms with E-state index in [0.29, 0.717) is 27.7 Å². The monoisotopic (exact) mass is 877 g/mol. The van der Waals surface area contributed by atoms with Gasteiger partial charge in [-0.2, -0.15) is 0 Å². The summed E-state index contributed by atoms with van der Waals surface area (Å²) in [5.41, 5.74) is 2.51. The Kier molecular flexibility index (Phi) is 17.0. The van der Waals surface area contributed by atoms with E-state index in [4.69, 9.17) is 21.7 Å². The number of aliphatic carboxylic acids is 3. The molecule has 0 fully saturated rings. The lowest BCUT2D eigenvalue weighted by Gasteiger charge is -2.19. The van der Waals surface area contributed by atoms with Crippen LogP contribution in [0.5, 0.6) is 0 Å². The number of hydrogen-bond acceptors (Lipinski definition) is 12. The van der Waals surface area contributed by atoms with E-state index in [-0.39, 0.29) is 91.3 Å². The number of ether oxygens (including phenoxy) is 1. The summed E-state index contributed by atoms with van der Waals surface area (Å²) in [6, 6.07) is 10.2. The zero-order valence-corrected chi connectivity index (χ0v) is 33.9. The number of benzene rings is 3. The number of nitrogens with one attached hydrogen (secondary N) is 5. The lowest BCUT2D eigenvalue weighted by atomic mass is 9.90. The average Bonchev–Trinajstić information content (AvgIpc) is 3.20. The van der Waals surface area contributed by atoms with Gasteiger partial charge < -0.3 is 56.2 Å². The van der Waals surface area contributed by atoms with E-state index in [9.17, 15) is 58.5 Å². The molecule has 1 aliphatic heterocycles. The van der Waals surface area contributed by atoms with Crippen molar-refractivity contribution < 1.29 is 67.9 Å². The molecular formula is C41H43N5O15S. The third kappa shape index (κ3) is 13.8. The fourth-order valence-electron chi connectivity index (χ4n) is 6.27. The second-order valence-electron chi connectivity index (χ2n) is 13.9. The summed E-state index contributed by atoms with van der Waals surface area (Å²) in [5.74, 6) is -5.88. The van der Waals surface area contributed by atoms with Gasteiger partial charge in [0.05, 0.1) is 12.0 Å². The number of carboxylic acids is 4. The third-order valence-electron chi connectivity index (χ3n) is 9.29. The third-order valence-corrected chi connectivity index (χ3v) is 9.51. The van der Waals surface area contributed by atoms with Gasteiger partial charge in [-0.25, -0.2) is 19.2 Å². The largest absolute Gasteiger partial charge is 0.481 e. The molecule has 20 nitrogen and oxygen atoms in total. The maximum Gasteiger partial charge on any atom is 0.336 e. The average molecular weight is 878 g/mol. The van der Waals surface area contributed by atoms with Gasteiger partial charge in [0.25, 0.3) is 6.47 Å². The summed E-state index contributed by atoms with van der Waals surface area (Å²) in [5, 5.41) is 51.0. The van der Waals surface area contributed by atoms with Gasteiger partial charge in [0.1, 0.15) is 29.2 Å². The van der Waals surface area contributed by atoms with Crippen molar-refractivity contribution in [2.75, 3.05) is 11.9 Å². The van der Waals surface area contributed by atoms with Crippen LogP contribution in [0.1, 0.15) is 67.3 Å². The predicted molar refractivity (Wildman–Crippen MR) is 224 cm³/mol. The molecule has 2 aromatic carbocycles. The number of urea groups is 1. The number of amides is 3. The Bertz CT molecular complexity index is 2400. The van der Waals surface area contributed by atoms with Crippen LogP contribution in [0.4, 0.5) is 10.5 Å². The van der Waals surface area contributed by atoms with E-state index in [1.807, 2.05) is 13.0 Å². The number of carbonyl (C=O) groups is 8. The smallest absolute Gasteiger partial charge is 0.336 e. The molecule has 3 amide bonds. The number of aryl methyl sites for hydroxylation is 1. The fourth-order valence-corrected chi connectivity index (χ4v) is 6.53. The van der Waals surface area contributed by atoms with Gasteiger partial charge in [-0.05, 0) is 79.9 Å². The summed E-state index contributed by atoms with van der Waals surface area (Å²) in [6.07, 6.45) is -2.93. The number of fused-ring (bicyclic) bond motifs is 2. The van der Waals surface area contributed by atoms with Gasteiger partial charge in [-0.3, -0.25) is 24.0 Å². The normalized spacial score (nSPS) is 12.3. The van der Waals surface area contributed by atoms with E-state index < -0.39 is 60.5 Å². The molecule has 4 rings (SSSR count). The zero-order valence-electron chi connectivity index (χ0n) is 33.1. The number of thiocarbonyl (C=S) groups is 1. The van der Waals surface area contributed by atoms with Crippen molar-refractivity contribution >= 4 is 82.1 Å². The molecule has 62 heavy (non-hydrogen) atoms. The molecule has 2 aliphatic rings. The molecule has 1 heterocycles. The maximum atomic E-state index is 12.6. The first kappa shape index (κ1) is 47.3. The van der Waals surface area contributed by atoms with Gasteiger partial charge in [0.15, 0.2) is 16.8 Å². The summed E-state index contributed by atoms with van der Waals surface area (Å²) in [7, 11) is 0. The highest BCUT2D eigenvalue weighted by atomic mass is 32.1. The number of carboxylic acid groups (broad SMARTS) is 4. The van der Waals surface area contributed by atoms with Crippen molar-refractivity contribution in [1.29, 1.82) is 0 Å². The van der Waals surface area contributed by atoms with Crippen LogP contribution < -0.4 is 32.0 Å². The van der Waals surface area contributed by atoms with Crippen molar-refractivity contribution in [2.45, 2.75) is 76.6 Å². The molecule has 0 saturated heterocycles. The van der Waals surface area contributed by atoms with E-state index in [1.165, 1.54) is 18.2 Å². The van der Waals surface area contributed by atoms with Gasteiger partial charge in [0, 0.05) is 60.5 Å². The van der Waals surface area contributed by atoms with Crippen LogP contribution in [-0.4, -0.2) is 98.5 Å². The summed E-state index contributed by atoms with van der Waals surface area (Å²) >= 11 is 5.33. The van der Waals surface area contributed by atoms with Crippen LogP contribution in [0.2, 0.25) is 0 Å². The minimum atomic E-state index is -1.50. The SMILES string of the molecule is Cc1ccc2c(-c3ccc(NC(=S)N[C@@H](CCC(=O)NCCCC(=O)CC[C@H](NC(=O)N[C@@H](CCC(=O)O)OC=O)C(=O)O)C(=O)O)cc3C(=O)O)c3ccc(=O)cc-3oc2c1. The number of anilines is 1. The molecule has 0 bridgehead atoms. The van der Waals surface area contributed by atoms with Crippen LogP contribution in [-0.2, 0) is 33.5 Å². The molecule has 0 radical (unpaired) electrons. The summed E-state index contributed by atoms with van der Waals surface area (Å²) in [6.45, 7) is 1.90. The Hall–Kier alpha value is -7.42. The number of hydrogen-bond donors (Lipinski definition) is 9. The molecule has 2 aromatic rings. The molecule has 328 valence electrons. The van der Waals surface area contributed by atoms with Gasteiger partial charge in [0.2, 0.25) is 5.91 Å². The van der Waals surface area contributed by atoms with Crippen LogP contribution in [0.3, 0.4) is 0 Å². The Balaban J connectivity index is 1.26. The molecule has 0 aromatic heterocycles. The summed E-state index contributed by atoms with van der Waals surface area (Å²) < 4.78 is 10.6. The molecule has 1 aliphatic carbocycles. The highest BCUT2D eigenvalue weighted by Crippen LogP contribution is 2.42. The number of aromatic carboxylic acids is 1. The number of carbonyl (C=O) groups excluding carboxylic acids is 4. The molecule has 0 spiro atoms. The highest BCUT2D eigenvalue weighted by molar-refractivity contribution is 7.80. The van der Waals surface area contributed by atoms with E-state index in [2.05, 4.69) is 31.3 Å². The topological polar surface area (TPSA) is 317 Å². The van der Waals surface area contributed by atoms with Crippen LogP contribution in [0.15, 0.2) is 63.8 Å². The fraction of sp³-hybridized carbons (Fsp3) is 0.317. The highest BCUT2D eigenvalue weighted by Gasteiger charge is 2.25. The molecule has 3 atom stereocenters. The first-order valence-electron chi connectivity index (χ1n) is 19.0. The summed E-state index contributed by atoms with van der Waals surface area (Å²) in [4.78, 5) is 107. The number of Topliss-reactive ketones (excluding diaryl/α,β-unsaturated/α-hetero) is 1. The van der Waals surface area contributed by atoms with E-state index in [1.54, 1.807) is 30.3 Å². The molecule has 0 unspecified atom stereocenters. The lowest BCUT2D eigenvalue weighted by molar-refractivity contribution is -0.141. The minimum absolute atomic E-state index is 0.00739. The van der Waals surface area contributed by atoms with Crippen molar-refractivity contribution in [3.8, 4) is 22.5 Å². The zero-order chi connectivity index (χ0) is 45.5. The van der Waals surface area contributed by atoms with Gasteiger partial charge >= 0.3 is 29.9 Å².